The highest BCUT2D eigenvalue weighted by Crippen LogP contribution is 2.42. The van der Waals surface area contributed by atoms with Gasteiger partial charge in [-0.25, -0.2) is 4.79 Å². The summed E-state index contributed by atoms with van der Waals surface area (Å²) >= 11 is 0. The van der Waals surface area contributed by atoms with E-state index in [1.807, 2.05) is 6.07 Å². The highest BCUT2D eigenvalue weighted by Gasteiger charge is 2.47. The fraction of sp³-hybridized carbons (Fsp3) is 0.355. The second kappa shape index (κ2) is 12.4. The lowest BCUT2D eigenvalue weighted by atomic mass is 9.78. The van der Waals surface area contributed by atoms with Gasteiger partial charge in [0.05, 0.1) is 41.4 Å². The first kappa shape index (κ1) is 30.9. The number of likely N-dealkylation sites (tertiary alicyclic amines) is 1. The molecular formula is C31H28F6N2O3. The van der Waals surface area contributed by atoms with Gasteiger partial charge in [-0.3, -0.25) is 4.90 Å². The second-order valence-corrected chi connectivity index (χ2v) is 10.2. The van der Waals surface area contributed by atoms with Crippen LogP contribution in [-0.4, -0.2) is 24.1 Å². The fourth-order valence-corrected chi connectivity index (χ4v) is 5.04. The highest BCUT2D eigenvalue weighted by molar-refractivity contribution is 5.69. The van der Waals surface area contributed by atoms with Gasteiger partial charge in [0.25, 0.3) is 0 Å². The molecule has 1 amide bonds. The lowest BCUT2D eigenvalue weighted by Crippen LogP contribution is -2.57. The Morgan fingerprint density at radius 2 is 1.55 bits per heavy atom. The molecule has 0 N–H and O–H groups in total. The van der Waals surface area contributed by atoms with E-state index in [4.69, 9.17) is 9.47 Å². The van der Waals surface area contributed by atoms with Gasteiger partial charge in [-0.15, -0.1) is 0 Å². The molecule has 1 fully saturated rings. The summed E-state index contributed by atoms with van der Waals surface area (Å²) in [4.78, 5) is 14.9. The second-order valence-electron chi connectivity index (χ2n) is 10.2. The van der Waals surface area contributed by atoms with Gasteiger partial charge in [-0.1, -0.05) is 60.7 Å². The Kier molecular flexibility index (Phi) is 9.16. The van der Waals surface area contributed by atoms with Crippen LogP contribution in [0.25, 0.3) is 0 Å². The number of hydrogen-bond acceptors (Lipinski definition) is 4. The maximum atomic E-state index is 13.5. The number of nitriles is 1. The van der Waals surface area contributed by atoms with E-state index in [-0.39, 0.29) is 37.8 Å². The van der Waals surface area contributed by atoms with Crippen LogP contribution < -0.4 is 0 Å². The van der Waals surface area contributed by atoms with E-state index < -0.39 is 47.1 Å². The van der Waals surface area contributed by atoms with Crippen LogP contribution in [0.4, 0.5) is 31.1 Å². The van der Waals surface area contributed by atoms with E-state index in [1.165, 1.54) is 11.8 Å². The zero-order valence-corrected chi connectivity index (χ0v) is 22.6. The van der Waals surface area contributed by atoms with Crippen molar-refractivity contribution in [3.05, 3.63) is 107 Å². The number of benzene rings is 3. The molecule has 42 heavy (non-hydrogen) atoms. The lowest BCUT2D eigenvalue weighted by Gasteiger charge is -2.48. The third-order valence-electron chi connectivity index (χ3n) is 7.40. The Morgan fingerprint density at radius 1 is 0.976 bits per heavy atom. The number of nitrogens with zero attached hydrogens (tertiary/aromatic N) is 2. The lowest BCUT2D eigenvalue weighted by molar-refractivity contribution is -0.143. The number of halogens is 6. The molecule has 3 atom stereocenters. The molecule has 1 aliphatic heterocycles. The Bertz CT molecular complexity index is 1370. The zero-order chi connectivity index (χ0) is 30.5. The molecule has 5 nitrogen and oxygen atoms in total. The summed E-state index contributed by atoms with van der Waals surface area (Å²) in [5.74, 6) is -0.513. The average Bonchev–Trinajstić information content (AvgIpc) is 2.98. The molecule has 1 saturated heterocycles. The van der Waals surface area contributed by atoms with Crippen molar-refractivity contribution in [3.63, 3.8) is 0 Å². The van der Waals surface area contributed by atoms with E-state index in [1.54, 1.807) is 54.6 Å². The van der Waals surface area contributed by atoms with Crippen molar-refractivity contribution in [3.8, 4) is 6.07 Å². The number of alkyl halides is 6. The number of ether oxygens (including phenoxy) is 2. The predicted molar refractivity (Wildman–Crippen MR) is 141 cm³/mol. The third-order valence-corrected chi connectivity index (χ3v) is 7.40. The Labute approximate surface area is 239 Å². The van der Waals surface area contributed by atoms with Crippen LogP contribution in [-0.2, 0) is 34.0 Å². The molecule has 0 aliphatic carbocycles. The molecule has 3 aromatic rings. The van der Waals surface area contributed by atoms with Crippen molar-refractivity contribution in [1.29, 1.82) is 5.26 Å². The van der Waals surface area contributed by atoms with Crippen LogP contribution >= 0.6 is 0 Å². The molecule has 4 rings (SSSR count). The van der Waals surface area contributed by atoms with Crippen LogP contribution in [0.1, 0.15) is 53.7 Å². The van der Waals surface area contributed by atoms with Crippen molar-refractivity contribution in [2.75, 3.05) is 13.2 Å². The Balaban J connectivity index is 1.67. The number of amides is 1. The van der Waals surface area contributed by atoms with E-state index in [9.17, 15) is 36.4 Å². The summed E-state index contributed by atoms with van der Waals surface area (Å²) in [6.45, 7) is 1.04. The summed E-state index contributed by atoms with van der Waals surface area (Å²) in [6.07, 6.45) is -11.3. The van der Waals surface area contributed by atoms with E-state index in [0.717, 1.165) is 5.56 Å². The standard InChI is InChI=1S/C31H28F6N2O3/c1-21(24-14-26(30(32,33)34)16-27(15-24)31(35,36)37)42-20-29(25-10-6-3-7-11-25)13-12-23(17-38)18-39(29)28(40)41-19-22-8-4-2-5-9-22/h2-11,14-16,21,23H,12-13,18-20H2,1H3/t21-,23?,29?/m1/s1. The minimum absolute atomic E-state index is 0.00145. The number of hydrogen-bond donors (Lipinski definition) is 0. The quantitative estimate of drug-likeness (QED) is 0.260. The molecule has 0 bridgehead atoms. The maximum absolute atomic E-state index is 13.5. The van der Waals surface area contributed by atoms with Crippen LogP contribution in [0.5, 0.6) is 0 Å². The van der Waals surface area contributed by atoms with Gasteiger partial charge in [0.2, 0.25) is 0 Å². The van der Waals surface area contributed by atoms with Gasteiger partial charge >= 0.3 is 18.4 Å². The molecule has 0 aromatic heterocycles. The van der Waals surface area contributed by atoms with Crippen LogP contribution in [0, 0.1) is 17.2 Å². The minimum Gasteiger partial charge on any atom is -0.445 e. The van der Waals surface area contributed by atoms with E-state index in [2.05, 4.69) is 6.07 Å². The zero-order valence-electron chi connectivity index (χ0n) is 22.6. The number of piperidine rings is 1. The molecule has 1 aliphatic rings. The van der Waals surface area contributed by atoms with Gasteiger partial charge < -0.3 is 9.47 Å². The van der Waals surface area contributed by atoms with Crippen LogP contribution in [0.2, 0.25) is 0 Å². The van der Waals surface area contributed by atoms with Crippen molar-refractivity contribution < 1.29 is 40.6 Å². The molecular weight excluding hydrogens is 562 g/mol. The van der Waals surface area contributed by atoms with E-state index >= 15 is 0 Å². The topological polar surface area (TPSA) is 62.6 Å². The molecule has 1 heterocycles. The average molecular weight is 591 g/mol. The smallest absolute Gasteiger partial charge is 0.416 e. The highest BCUT2D eigenvalue weighted by atomic mass is 19.4. The van der Waals surface area contributed by atoms with E-state index in [0.29, 0.717) is 24.1 Å². The van der Waals surface area contributed by atoms with Crippen molar-refractivity contribution in [2.24, 2.45) is 5.92 Å². The summed E-state index contributed by atoms with van der Waals surface area (Å²) < 4.78 is 92.4. The third kappa shape index (κ3) is 7.05. The number of carbonyl (C=O) groups excluding carboxylic acids is 1. The summed E-state index contributed by atoms with van der Waals surface area (Å²) in [7, 11) is 0. The Hall–Kier alpha value is -4.04. The Morgan fingerprint density at radius 3 is 2.10 bits per heavy atom. The maximum Gasteiger partial charge on any atom is 0.416 e. The summed E-state index contributed by atoms with van der Waals surface area (Å²) in [5.41, 5.74) is -3.04. The molecule has 3 aromatic carbocycles. The van der Waals surface area contributed by atoms with Gasteiger partial charge in [-0.05, 0) is 54.7 Å². The first-order chi connectivity index (χ1) is 19.8. The normalized spacial score (nSPS) is 20.0. The molecule has 0 spiro atoms. The molecule has 0 saturated carbocycles. The van der Waals surface area contributed by atoms with Gasteiger partial charge in [0.15, 0.2) is 0 Å². The van der Waals surface area contributed by atoms with Gasteiger partial charge in [-0.2, -0.15) is 31.6 Å². The van der Waals surface area contributed by atoms with Crippen molar-refractivity contribution in [2.45, 2.75) is 50.4 Å². The van der Waals surface area contributed by atoms with Crippen molar-refractivity contribution >= 4 is 6.09 Å². The fourth-order valence-electron chi connectivity index (χ4n) is 5.04. The predicted octanol–water partition coefficient (Wildman–Crippen LogP) is 8.27. The SMILES string of the molecule is C[C@@H](OCC1(c2ccccc2)CCC(C#N)CN1C(=O)OCc1ccccc1)c1cc(C(F)(F)F)cc(C(F)(F)F)c1. The molecule has 0 radical (unpaired) electrons. The minimum atomic E-state index is -5.00. The summed E-state index contributed by atoms with van der Waals surface area (Å²) in [6, 6.07) is 21.2. The number of carbonyl (C=O) groups is 1. The monoisotopic (exact) mass is 590 g/mol. The van der Waals surface area contributed by atoms with Gasteiger partial charge in [0, 0.05) is 6.54 Å². The molecule has 11 heteroatoms. The first-order valence-corrected chi connectivity index (χ1v) is 13.2. The number of rotatable bonds is 7. The molecule has 2 unspecified atom stereocenters. The van der Waals surface area contributed by atoms with Crippen LogP contribution in [0.15, 0.2) is 78.9 Å². The first-order valence-electron chi connectivity index (χ1n) is 13.2. The summed E-state index contributed by atoms with van der Waals surface area (Å²) in [5, 5.41) is 9.65. The van der Waals surface area contributed by atoms with Crippen LogP contribution in [0.3, 0.4) is 0 Å². The van der Waals surface area contributed by atoms with Gasteiger partial charge in [0.1, 0.15) is 6.61 Å². The largest absolute Gasteiger partial charge is 0.445 e. The van der Waals surface area contributed by atoms with Crippen molar-refractivity contribution in [1.82, 2.24) is 4.90 Å². The molecule has 222 valence electrons.